The van der Waals surface area contributed by atoms with E-state index in [1.54, 1.807) is 42.5 Å². The maximum absolute atomic E-state index is 13.1. The zero-order chi connectivity index (χ0) is 22.8. The number of ether oxygens (including phenoxy) is 1. The lowest BCUT2D eigenvalue weighted by Gasteiger charge is -2.24. The third kappa shape index (κ3) is 3.56. The van der Waals surface area contributed by atoms with Crippen molar-refractivity contribution < 1.29 is 24.4 Å². The molecule has 1 amide bonds. The van der Waals surface area contributed by atoms with E-state index in [2.05, 4.69) is 4.98 Å². The maximum Gasteiger partial charge on any atom is 0.301 e. The van der Waals surface area contributed by atoms with Crippen molar-refractivity contribution in [1.29, 1.82) is 0 Å². The smallest absolute Gasteiger partial charge is 0.301 e. The van der Waals surface area contributed by atoms with Crippen molar-refractivity contribution in [3.8, 4) is 5.75 Å². The average Bonchev–Trinajstić information content (AvgIpc) is 3.09. The zero-order valence-electron chi connectivity index (χ0n) is 16.8. The highest BCUT2D eigenvalue weighted by Gasteiger charge is 2.47. The van der Waals surface area contributed by atoms with Gasteiger partial charge in [0.2, 0.25) is 0 Å². The van der Waals surface area contributed by atoms with Crippen LogP contribution in [0, 0.1) is 10.1 Å². The number of carbonyl (C=O) groups is 2. The molecule has 9 heteroatoms. The number of nitro groups is 1. The number of rotatable bonds is 5. The Bertz CT molecular complexity index is 1260. The summed E-state index contributed by atoms with van der Waals surface area (Å²) in [6.07, 6.45) is 1.46. The van der Waals surface area contributed by atoms with E-state index in [1.165, 1.54) is 37.6 Å². The number of aliphatic hydroxyl groups excluding tert-OH is 1. The number of nitro benzene ring substituents is 1. The molecule has 0 bridgehead atoms. The van der Waals surface area contributed by atoms with Crippen molar-refractivity contribution in [2.24, 2.45) is 0 Å². The Kier molecular flexibility index (Phi) is 5.38. The fourth-order valence-electron chi connectivity index (χ4n) is 3.61. The largest absolute Gasteiger partial charge is 0.507 e. The second kappa shape index (κ2) is 8.31. The van der Waals surface area contributed by atoms with Gasteiger partial charge in [-0.3, -0.25) is 24.6 Å². The van der Waals surface area contributed by atoms with Crippen molar-refractivity contribution in [3.05, 3.63) is 99.7 Å². The Labute approximate surface area is 182 Å². The van der Waals surface area contributed by atoms with Crippen LogP contribution in [0.1, 0.15) is 17.2 Å². The lowest BCUT2D eigenvalue weighted by atomic mass is 9.95. The number of hydrogen-bond donors (Lipinski definition) is 1. The van der Waals surface area contributed by atoms with E-state index in [-0.39, 0.29) is 28.2 Å². The van der Waals surface area contributed by atoms with Crippen LogP contribution in [0.15, 0.2) is 78.5 Å². The molecule has 1 N–H and O–H groups in total. The third-order valence-electron chi connectivity index (χ3n) is 5.08. The number of anilines is 1. The molecule has 1 atom stereocenters. The van der Waals surface area contributed by atoms with Crippen LogP contribution in [-0.4, -0.2) is 33.8 Å². The van der Waals surface area contributed by atoms with E-state index >= 15 is 0 Å². The number of hydrogen-bond acceptors (Lipinski definition) is 7. The second-order valence-electron chi connectivity index (χ2n) is 6.94. The first-order chi connectivity index (χ1) is 15.4. The van der Waals surface area contributed by atoms with Crippen molar-refractivity contribution in [2.45, 2.75) is 6.04 Å². The molecule has 1 aliphatic rings. The molecule has 4 rings (SSSR count). The van der Waals surface area contributed by atoms with Gasteiger partial charge in [-0.15, -0.1) is 0 Å². The number of carbonyl (C=O) groups excluding carboxylic acids is 2. The van der Waals surface area contributed by atoms with Crippen LogP contribution in [0.25, 0.3) is 5.76 Å². The summed E-state index contributed by atoms with van der Waals surface area (Å²) in [5, 5.41) is 22.4. The van der Waals surface area contributed by atoms with Gasteiger partial charge in [0.05, 0.1) is 23.6 Å². The predicted octanol–water partition coefficient (Wildman–Crippen LogP) is 3.62. The number of Topliss-reactive ketones (excluding diaryl/α,β-unsaturated/α-hetero) is 1. The standard InChI is InChI=1S/C23H17N3O6/c1-32-17-9-5-7-15(13-17)21(27)19-20(14-6-4-8-16(12-14)26(30)31)25(23(29)22(19)28)18-10-2-3-11-24-18/h2-13,20,27H,1H3/b21-19+/t20-/m1/s1. The molecule has 1 aromatic heterocycles. The molecule has 32 heavy (non-hydrogen) atoms. The SMILES string of the molecule is COc1cccc(/C(O)=C2\C(=O)C(=O)N(c3ccccn3)[C@@H]2c2cccc([N+](=O)[O-])c2)c1. The summed E-state index contributed by atoms with van der Waals surface area (Å²) in [6.45, 7) is 0. The maximum atomic E-state index is 13.1. The minimum atomic E-state index is -1.11. The van der Waals surface area contributed by atoms with Crippen LogP contribution >= 0.6 is 0 Å². The molecule has 160 valence electrons. The number of pyridine rings is 1. The van der Waals surface area contributed by atoms with Gasteiger partial charge < -0.3 is 9.84 Å². The molecule has 1 aliphatic heterocycles. The number of nitrogens with zero attached hydrogens (tertiary/aromatic N) is 3. The van der Waals surface area contributed by atoms with Gasteiger partial charge in [0.1, 0.15) is 17.3 Å². The highest BCUT2D eigenvalue weighted by molar-refractivity contribution is 6.51. The summed E-state index contributed by atoms with van der Waals surface area (Å²) in [6, 6.07) is 15.7. The Morgan fingerprint density at radius 1 is 1.09 bits per heavy atom. The Morgan fingerprint density at radius 3 is 2.56 bits per heavy atom. The monoisotopic (exact) mass is 431 g/mol. The van der Waals surface area contributed by atoms with E-state index in [0.717, 1.165) is 4.90 Å². The van der Waals surface area contributed by atoms with Gasteiger partial charge in [0.25, 0.3) is 11.5 Å². The number of amides is 1. The van der Waals surface area contributed by atoms with Gasteiger partial charge in [-0.25, -0.2) is 4.98 Å². The fraction of sp³-hybridized carbons (Fsp3) is 0.0870. The summed E-state index contributed by atoms with van der Waals surface area (Å²) >= 11 is 0. The first-order valence-electron chi connectivity index (χ1n) is 9.53. The Morgan fingerprint density at radius 2 is 1.88 bits per heavy atom. The lowest BCUT2D eigenvalue weighted by Crippen LogP contribution is -2.30. The summed E-state index contributed by atoms with van der Waals surface area (Å²) < 4.78 is 5.18. The van der Waals surface area contributed by atoms with E-state index in [4.69, 9.17) is 4.74 Å². The normalized spacial score (nSPS) is 17.4. The summed E-state index contributed by atoms with van der Waals surface area (Å²) in [5.41, 5.74) is 0.136. The fourth-order valence-corrected chi connectivity index (χ4v) is 3.61. The van der Waals surface area contributed by atoms with Crippen molar-refractivity contribution >= 4 is 29.0 Å². The first kappa shape index (κ1) is 20.7. The number of aromatic nitrogens is 1. The van der Waals surface area contributed by atoms with Crippen molar-refractivity contribution in [2.75, 3.05) is 12.0 Å². The zero-order valence-corrected chi connectivity index (χ0v) is 16.8. The lowest BCUT2D eigenvalue weighted by molar-refractivity contribution is -0.384. The van der Waals surface area contributed by atoms with E-state index in [1.807, 2.05) is 0 Å². The number of benzene rings is 2. The van der Waals surface area contributed by atoms with Crippen LogP contribution < -0.4 is 9.64 Å². The summed E-state index contributed by atoms with van der Waals surface area (Å²) in [4.78, 5) is 42.1. The molecule has 0 saturated carbocycles. The van der Waals surface area contributed by atoms with Crippen LogP contribution in [0.2, 0.25) is 0 Å². The minimum absolute atomic E-state index is 0.177. The molecule has 0 aliphatic carbocycles. The highest BCUT2D eigenvalue weighted by Crippen LogP contribution is 2.42. The minimum Gasteiger partial charge on any atom is -0.507 e. The molecule has 3 aromatic rings. The quantitative estimate of drug-likeness (QED) is 0.215. The number of methoxy groups -OCH3 is 1. The second-order valence-corrected chi connectivity index (χ2v) is 6.94. The number of ketones is 1. The topological polar surface area (TPSA) is 123 Å². The molecule has 2 aromatic carbocycles. The van der Waals surface area contributed by atoms with Gasteiger partial charge >= 0.3 is 5.91 Å². The highest BCUT2D eigenvalue weighted by atomic mass is 16.6. The molecular weight excluding hydrogens is 414 g/mol. The predicted molar refractivity (Wildman–Crippen MR) is 115 cm³/mol. The Balaban J connectivity index is 1.97. The van der Waals surface area contributed by atoms with Crippen LogP contribution in [0.3, 0.4) is 0 Å². The van der Waals surface area contributed by atoms with Crippen LogP contribution in [0.5, 0.6) is 5.75 Å². The molecule has 2 heterocycles. The number of non-ortho nitro benzene ring substituents is 1. The first-order valence-corrected chi connectivity index (χ1v) is 9.53. The molecular formula is C23H17N3O6. The molecule has 0 spiro atoms. The molecule has 9 nitrogen and oxygen atoms in total. The van der Waals surface area contributed by atoms with Gasteiger partial charge in [-0.05, 0) is 29.8 Å². The number of aliphatic hydroxyl groups is 1. The van der Waals surface area contributed by atoms with Crippen LogP contribution in [-0.2, 0) is 9.59 Å². The van der Waals surface area contributed by atoms with Gasteiger partial charge in [0.15, 0.2) is 0 Å². The van der Waals surface area contributed by atoms with Gasteiger partial charge in [0, 0.05) is 23.9 Å². The molecule has 0 radical (unpaired) electrons. The summed E-state index contributed by atoms with van der Waals surface area (Å²) in [5.74, 6) is -1.62. The van der Waals surface area contributed by atoms with Gasteiger partial charge in [-0.2, -0.15) is 0 Å². The van der Waals surface area contributed by atoms with Crippen molar-refractivity contribution in [1.82, 2.24) is 4.98 Å². The van der Waals surface area contributed by atoms with Crippen LogP contribution in [0.4, 0.5) is 11.5 Å². The van der Waals surface area contributed by atoms with E-state index in [9.17, 15) is 24.8 Å². The Hall–Kier alpha value is -4.53. The van der Waals surface area contributed by atoms with Gasteiger partial charge in [-0.1, -0.05) is 30.3 Å². The summed E-state index contributed by atoms with van der Waals surface area (Å²) in [7, 11) is 1.46. The average molecular weight is 431 g/mol. The van der Waals surface area contributed by atoms with E-state index in [0.29, 0.717) is 5.75 Å². The molecule has 1 fully saturated rings. The van der Waals surface area contributed by atoms with Crippen molar-refractivity contribution in [3.63, 3.8) is 0 Å². The molecule has 1 saturated heterocycles. The third-order valence-corrected chi connectivity index (χ3v) is 5.08. The van der Waals surface area contributed by atoms with E-state index < -0.39 is 28.4 Å². The molecule has 0 unspecified atom stereocenters.